The van der Waals surface area contributed by atoms with Gasteiger partial charge in [0, 0.05) is 12.0 Å². The first-order valence-electron chi connectivity index (χ1n) is 7.25. The first-order valence-corrected chi connectivity index (χ1v) is 7.62. The summed E-state index contributed by atoms with van der Waals surface area (Å²) in [4.78, 5) is 0. The molecule has 1 aliphatic heterocycles. The molecule has 1 aromatic carbocycles. The van der Waals surface area contributed by atoms with E-state index in [2.05, 4.69) is 11.4 Å². The van der Waals surface area contributed by atoms with Gasteiger partial charge < -0.3 is 14.5 Å². The van der Waals surface area contributed by atoms with E-state index in [1.807, 2.05) is 25.2 Å². The van der Waals surface area contributed by atoms with E-state index >= 15 is 0 Å². The number of hydrogen-bond donors (Lipinski definition) is 1. The predicted molar refractivity (Wildman–Crippen MR) is 81.2 cm³/mol. The minimum atomic E-state index is 0.211. The van der Waals surface area contributed by atoms with E-state index < -0.39 is 0 Å². The SMILES string of the molecule is CNC(CCC1CCCO1)c1cc2cccc(Cl)c2o1. The van der Waals surface area contributed by atoms with Gasteiger partial charge >= 0.3 is 0 Å². The third-order valence-corrected chi connectivity index (χ3v) is 4.31. The van der Waals surface area contributed by atoms with Crippen LogP contribution in [0.4, 0.5) is 0 Å². The summed E-state index contributed by atoms with van der Waals surface area (Å²) in [6.45, 7) is 0.912. The summed E-state index contributed by atoms with van der Waals surface area (Å²) in [6, 6.07) is 8.13. The Hall–Kier alpha value is -1.03. The molecule has 0 aliphatic carbocycles. The lowest BCUT2D eigenvalue weighted by atomic mass is 10.0. The van der Waals surface area contributed by atoms with E-state index in [0.29, 0.717) is 11.1 Å². The number of benzene rings is 1. The van der Waals surface area contributed by atoms with Crippen LogP contribution < -0.4 is 5.32 Å². The Morgan fingerprint density at radius 3 is 3.05 bits per heavy atom. The minimum Gasteiger partial charge on any atom is -0.458 e. The third-order valence-electron chi connectivity index (χ3n) is 4.01. The van der Waals surface area contributed by atoms with Crippen molar-refractivity contribution < 1.29 is 9.15 Å². The molecule has 0 bridgehead atoms. The molecule has 1 aromatic heterocycles. The van der Waals surface area contributed by atoms with Crippen LogP contribution in [0.3, 0.4) is 0 Å². The molecule has 20 heavy (non-hydrogen) atoms. The van der Waals surface area contributed by atoms with Crippen LogP contribution in [0.2, 0.25) is 5.02 Å². The normalized spacial score (nSPS) is 20.6. The second-order valence-corrected chi connectivity index (χ2v) is 5.77. The van der Waals surface area contributed by atoms with Gasteiger partial charge in [-0.05, 0) is 44.9 Å². The topological polar surface area (TPSA) is 34.4 Å². The van der Waals surface area contributed by atoms with Crippen LogP contribution in [0.5, 0.6) is 0 Å². The number of nitrogens with one attached hydrogen (secondary N) is 1. The maximum Gasteiger partial charge on any atom is 0.152 e. The summed E-state index contributed by atoms with van der Waals surface area (Å²) in [5.41, 5.74) is 0.779. The van der Waals surface area contributed by atoms with Crippen molar-refractivity contribution in [3.63, 3.8) is 0 Å². The lowest BCUT2D eigenvalue weighted by Gasteiger charge is -2.16. The minimum absolute atomic E-state index is 0.211. The van der Waals surface area contributed by atoms with Crippen molar-refractivity contribution in [2.45, 2.75) is 37.8 Å². The molecule has 3 nitrogen and oxygen atoms in total. The molecule has 0 saturated carbocycles. The number of ether oxygens (including phenoxy) is 1. The van der Waals surface area contributed by atoms with Crippen molar-refractivity contribution in [1.29, 1.82) is 0 Å². The van der Waals surface area contributed by atoms with Gasteiger partial charge in [-0.25, -0.2) is 0 Å². The third kappa shape index (κ3) is 2.85. The van der Waals surface area contributed by atoms with Crippen molar-refractivity contribution in [2.24, 2.45) is 0 Å². The Morgan fingerprint density at radius 1 is 1.45 bits per heavy atom. The van der Waals surface area contributed by atoms with E-state index in [0.717, 1.165) is 36.2 Å². The summed E-state index contributed by atoms with van der Waals surface area (Å²) in [5.74, 6) is 0.952. The summed E-state index contributed by atoms with van der Waals surface area (Å²) < 4.78 is 11.6. The summed E-state index contributed by atoms with van der Waals surface area (Å²) in [6.07, 6.45) is 4.87. The Kier molecular flexibility index (Phi) is 4.29. The van der Waals surface area contributed by atoms with Crippen LogP contribution in [-0.4, -0.2) is 19.8 Å². The van der Waals surface area contributed by atoms with Crippen LogP contribution in [0.15, 0.2) is 28.7 Å². The fraction of sp³-hybridized carbons (Fsp3) is 0.500. The summed E-state index contributed by atoms with van der Waals surface area (Å²) >= 11 is 6.16. The largest absolute Gasteiger partial charge is 0.458 e. The molecule has 0 spiro atoms. The number of halogens is 1. The lowest BCUT2D eigenvalue weighted by Crippen LogP contribution is -2.18. The molecule has 4 heteroatoms. The van der Waals surface area contributed by atoms with Crippen LogP contribution in [0, 0.1) is 0 Å². The molecule has 108 valence electrons. The highest BCUT2D eigenvalue weighted by Crippen LogP contribution is 2.31. The highest BCUT2D eigenvalue weighted by Gasteiger charge is 2.20. The molecule has 1 saturated heterocycles. The zero-order valence-corrected chi connectivity index (χ0v) is 12.5. The van der Waals surface area contributed by atoms with E-state index in [-0.39, 0.29) is 6.04 Å². The average Bonchev–Trinajstić information content (AvgIpc) is 3.09. The second kappa shape index (κ2) is 6.17. The highest BCUT2D eigenvalue weighted by atomic mass is 35.5. The predicted octanol–water partition coefficient (Wildman–Crippen LogP) is 4.31. The smallest absolute Gasteiger partial charge is 0.152 e. The molecular weight excluding hydrogens is 274 g/mol. The molecular formula is C16H20ClNO2. The highest BCUT2D eigenvalue weighted by molar-refractivity contribution is 6.34. The molecule has 0 radical (unpaired) electrons. The standard InChI is InChI=1S/C16H20ClNO2/c1-18-14(8-7-12-5-3-9-19-12)15-10-11-4-2-6-13(17)16(11)20-15/h2,4,6,10,12,14,18H,3,5,7-9H2,1H3. The van der Waals surface area contributed by atoms with Gasteiger partial charge in [0.1, 0.15) is 5.76 Å². The number of hydrogen-bond acceptors (Lipinski definition) is 3. The Labute approximate surface area is 124 Å². The number of fused-ring (bicyclic) bond motifs is 1. The lowest BCUT2D eigenvalue weighted by molar-refractivity contribution is 0.0992. The molecule has 2 heterocycles. The molecule has 2 unspecified atom stereocenters. The van der Waals surface area contributed by atoms with Gasteiger partial charge in [-0.3, -0.25) is 0 Å². The number of rotatable bonds is 5. The van der Waals surface area contributed by atoms with Crippen molar-refractivity contribution in [3.8, 4) is 0 Å². The van der Waals surface area contributed by atoms with Crippen molar-refractivity contribution in [2.75, 3.05) is 13.7 Å². The summed E-state index contributed by atoms with van der Waals surface area (Å²) in [5, 5.41) is 5.06. The number of furan rings is 1. The Balaban J connectivity index is 1.74. The van der Waals surface area contributed by atoms with Gasteiger partial charge in [0.25, 0.3) is 0 Å². The first-order chi connectivity index (χ1) is 9.78. The van der Waals surface area contributed by atoms with Gasteiger partial charge in [0.15, 0.2) is 5.58 Å². The molecule has 1 fully saturated rings. The quantitative estimate of drug-likeness (QED) is 0.892. The van der Waals surface area contributed by atoms with Gasteiger partial charge in [-0.15, -0.1) is 0 Å². The molecule has 1 aliphatic rings. The van der Waals surface area contributed by atoms with E-state index in [1.165, 1.54) is 12.8 Å². The Morgan fingerprint density at radius 2 is 2.35 bits per heavy atom. The van der Waals surface area contributed by atoms with Crippen LogP contribution >= 0.6 is 11.6 Å². The average molecular weight is 294 g/mol. The zero-order chi connectivity index (χ0) is 13.9. The fourth-order valence-corrected chi connectivity index (χ4v) is 3.09. The molecule has 2 aromatic rings. The fourth-order valence-electron chi connectivity index (χ4n) is 2.87. The van der Waals surface area contributed by atoms with Crippen molar-refractivity contribution in [3.05, 3.63) is 35.0 Å². The molecule has 0 amide bonds. The van der Waals surface area contributed by atoms with Gasteiger partial charge in [-0.2, -0.15) is 0 Å². The molecule has 1 N–H and O–H groups in total. The van der Waals surface area contributed by atoms with Crippen molar-refractivity contribution >= 4 is 22.6 Å². The molecule has 2 atom stereocenters. The van der Waals surface area contributed by atoms with Crippen LogP contribution in [0.1, 0.15) is 37.5 Å². The van der Waals surface area contributed by atoms with E-state index in [1.54, 1.807) is 0 Å². The monoisotopic (exact) mass is 293 g/mol. The number of para-hydroxylation sites is 1. The van der Waals surface area contributed by atoms with Crippen molar-refractivity contribution in [1.82, 2.24) is 5.32 Å². The molecule has 3 rings (SSSR count). The maximum absolute atomic E-state index is 6.16. The zero-order valence-electron chi connectivity index (χ0n) is 11.7. The van der Waals surface area contributed by atoms with Gasteiger partial charge in [0.2, 0.25) is 0 Å². The van der Waals surface area contributed by atoms with Crippen LogP contribution in [-0.2, 0) is 4.74 Å². The summed E-state index contributed by atoms with van der Waals surface area (Å²) in [7, 11) is 1.97. The van der Waals surface area contributed by atoms with E-state index in [9.17, 15) is 0 Å². The van der Waals surface area contributed by atoms with Gasteiger partial charge in [-0.1, -0.05) is 23.7 Å². The first kappa shape index (κ1) is 13.9. The van der Waals surface area contributed by atoms with Crippen LogP contribution in [0.25, 0.3) is 11.0 Å². The van der Waals surface area contributed by atoms with Gasteiger partial charge in [0.05, 0.1) is 17.2 Å². The van der Waals surface area contributed by atoms with E-state index in [4.69, 9.17) is 20.8 Å². The Bertz CT molecular complexity index is 575. The second-order valence-electron chi connectivity index (χ2n) is 5.36. The maximum atomic E-state index is 6.16.